The van der Waals surface area contributed by atoms with Crippen LogP contribution in [0.3, 0.4) is 0 Å². The van der Waals surface area contributed by atoms with Gasteiger partial charge < -0.3 is 15.0 Å². The highest BCUT2D eigenvalue weighted by Crippen LogP contribution is 2.22. The Bertz CT molecular complexity index is 607. The predicted octanol–water partition coefficient (Wildman–Crippen LogP) is 3.32. The van der Waals surface area contributed by atoms with Gasteiger partial charge in [-0.15, -0.1) is 0 Å². The summed E-state index contributed by atoms with van der Waals surface area (Å²) in [6, 6.07) is 6.88. The Kier molecular flexibility index (Phi) is 6.86. The third-order valence-electron chi connectivity index (χ3n) is 5.73. The second-order valence-electron chi connectivity index (χ2n) is 7.65. The lowest BCUT2D eigenvalue weighted by Gasteiger charge is -2.32. The number of nitrogens with zero attached hydrogens (tertiary/aromatic N) is 1. The summed E-state index contributed by atoms with van der Waals surface area (Å²) in [4.78, 5) is 14.5. The Hall–Kier alpha value is -1.65. The van der Waals surface area contributed by atoms with Gasteiger partial charge in [-0.05, 0) is 62.1 Å². The molecule has 0 spiro atoms. The zero-order valence-electron chi connectivity index (χ0n) is 16.2. The highest BCUT2D eigenvalue weighted by Gasteiger charge is 2.22. The van der Waals surface area contributed by atoms with Gasteiger partial charge >= 0.3 is 0 Å². The van der Waals surface area contributed by atoms with E-state index in [1.54, 1.807) is 0 Å². The summed E-state index contributed by atoms with van der Waals surface area (Å²) in [5.74, 6) is 0.815. The summed E-state index contributed by atoms with van der Waals surface area (Å²) in [7, 11) is 0. The number of nitrogens with one attached hydrogen (secondary N) is 1. The number of carbonyl (C=O) groups excluding carboxylic acids is 1. The van der Waals surface area contributed by atoms with E-state index >= 15 is 0 Å². The molecule has 1 amide bonds. The lowest BCUT2D eigenvalue weighted by molar-refractivity contribution is -0.131. The van der Waals surface area contributed by atoms with Crippen molar-refractivity contribution in [2.45, 2.75) is 45.6 Å². The highest BCUT2D eigenvalue weighted by atomic mass is 16.5. The van der Waals surface area contributed by atoms with Gasteiger partial charge in [-0.25, -0.2) is 0 Å². The van der Waals surface area contributed by atoms with E-state index in [1.165, 1.54) is 16.7 Å². The van der Waals surface area contributed by atoms with Gasteiger partial charge in [0.2, 0.25) is 5.91 Å². The first kappa shape index (κ1) is 19.1. The Morgan fingerprint density at radius 3 is 2.46 bits per heavy atom. The van der Waals surface area contributed by atoms with Crippen LogP contribution in [0.15, 0.2) is 24.3 Å². The van der Waals surface area contributed by atoms with E-state index in [-0.39, 0.29) is 5.91 Å². The molecule has 0 atom stereocenters. The van der Waals surface area contributed by atoms with Gasteiger partial charge in [0.15, 0.2) is 0 Å². The average molecular weight is 357 g/mol. The third-order valence-corrected chi connectivity index (χ3v) is 5.73. The van der Waals surface area contributed by atoms with E-state index in [1.807, 2.05) is 4.90 Å². The largest absolute Gasteiger partial charge is 0.381 e. The van der Waals surface area contributed by atoms with E-state index in [2.05, 4.69) is 49.5 Å². The van der Waals surface area contributed by atoms with Crippen LogP contribution >= 0.6 is 0 Å². The molecule has 1 N–H and O–H groups in total. The maximum absolute atomic E-state index is 12.4. The van der Waals surface area contributed by atoms with E-state index in [0.717, 1.165) is 52.0 Å². The standard InChI is InChI=1S/C22H32N2O2/c1-17-4-3-5-18(2)21(17)7-6-19-8-12-24(13-9-19)22(25)16-23-20-10-14-26-15-11-20/h3-7,19-20,23H,8-16H2,1-2H3. The van der Waals surface area contributed by atoms with Crippen molar-refractivity contribution in [1.82, 2.24) is 10.2 Å². The van der Waals surface area contributed by atoms with Gasteiger partial charge in [0.25, 0.3) is 0 Å². The maximum atomic E-state index is 12.4. The SMILES string of the molecule is Cc1cccc(C)c1C=CC1CCN(C(=O)CNC2CCOCC2)CC1. The molecular formula is C22H32N2O2. The van der Waals surface area contributed by atoms with E-state index < -0.39 is 0 Å². The van der Waals surface area contributed by atoms with E-state index in [4.69, 9.17) is 4.74 Å². The highest BCUT2D eigenvalue weighted by molar-refractivity contribution is 5.78. The fraction of sp³-hybridized carbons (Fsp3) is 0.591. The number of piperidine rings is 1. The summed E-state index contributed by atoms with van der Waals surface area (Å²) in [6.07, 6.45) is 8.77. The first-order valence-corrected chi connectivity index (χ1v) is 9.97. The fourth-order valence-corrected chi connectivity index (χ4v) is 3.91. The van der Waals surface area contributed by atoms with Crippen LogP contribution < -0.4 is 5.32 Å². The molecular weight excluding hydrogens is 324 g/mol. The minimum Gasteiger partial charge on any atom is -0.381 e. The van der Waals surface area contributed by atoms with Crippen molar-refractivity contribution in [2.24, 2.45) is 5.92 Å². The lowest BCUT2D eigenvalue weighted by atomic mass is 9.94. The number of aryl methyl sites for hydroxylation is 2. The third kappa shape index (κ3) is 5.18. The number of ether oxygens (including phenoxy) is 1. The summed E-state index contributed by atoms with van der Waals surface area (Å²) in [5.41, 5.74) is 3.99. The van der Waals surface area contributed by atoms with Crippen molar-refractivity contribution in [1.29, 1.82) is 0 Å². The molecule has 2 heterocycles. The van der Waals surface area contributed by atoms with Gasteiger partial charge in [0.1, 0.15) is 0 Å². The molecule has 3 rings (SSSR count). The van der Waals surface area contributed by atoms with E-state index in [9.17, 15) is 4.79 Å². The van der Waals surface area contributed by atoms with Crippen LogP contribution in [-0.4, -0.2) is 49.7 Å². The molecule has 4 heteroatoms. The van der Waals surface area contributed by atoms with Gasteiger partial charge in [0.05, 0.1) is 6.54 Å². The van der Waals surface area contributed by atoms with Crippen molar-refractivity contribution in [3.05, 3.63) is 41.0 Å². The molecule has 1 aromatic carbocycles. The Labute approximate surface area is 157 Å². The molecule has 2 saturated heterocycles. The number of hydrogen-bond donors (Lipinski definition) is 1. The molecule has 26 heavy (non-hydrogen) atoms. The number of benzene rings is 1. The van der Waals surface area contributed by atoms with E-state index in [0.29, 0.717) is 18.5 Å². The van der Waals surface area contributed by atoms with Crippen LogP contribution in [0, 0.1) is 19.8 Å². The summed E-state index contributed by atoms with van der Waals surface area (Å²) in [5, 5.41) is 3.40. The number of carbonyl (C=O) groups is 1. The first-order valence-electron chi connectivity index (χ1n) is 9.97. The van der Waals surface area contributed by atoms with Crippen LogP contribution in [0.25, 0.3) is 6.08 Å². The molecule has 0 bridgehead atoms. The number of allylic oxidation sites excluding steroid dienone is 1. The van der Waals surface area contributed by atoms with Crippen LogP contribution in [0.5, 0.6) is 0 Å². The van der Waals surface area contributed by atoms with Crippen LogP contribution in [-0.2, 0) is 9.53 Å². The summed E-state index contributed by atoms with van der Waals surface area (Å²) < 4.78 is 5.36. The minimum absolute atomic E-state index is 0.244. The fourth-order valence-electron chi connectivity index (χ4n) is 3.91. The zero-order valence-corrected chi connectivity index (χ0v) is 16.2. The summed E-state index contributed by atoms with van der Waals surface area (Å²) in [6.45, 7) is 8.16. The topological polar surface area (TPSA) is 41.6 Å². The smallest absolute Gasteiger partial charge is 0.236 e. The number of likely N-dealkylation sites (tertiary alicyclic amines) is 1. The second kappa shape index (κ2) is 9.33. The van der Waals surface area contributed by atoms with Gasteiger partial charge in [-0.2, -0.15) is 0 Å². The monoisotopic (exact) mass is 356 g/mol. The van der Waals surface area contributed by atoms with Gasteiger partial charge in [-0.1, -0.05) is 30.4 Å². The average Bonchev–Trinajstić information content (AvgIpc) is 2.67. The quantitative estimate of drug-likeness (QED) is 0.880. The lowest BCUT2D eigenvalue weighted by Crippen LogP contribution is -2.45. The molecule has 2 aliphatic rings. The molecule has 4 nitrogen and oxygen atoms in total. The Balaban J connectivity index is 1.43. The predicted molar refractivity (Wildman–Crippen MR) is 106 cm³/mol. The van der Waals surface area contributed by atoms with Crippen molar-refractivity contribution in [3.8, 4) is 0 Å². The summed E-state index contributed by atoms with van der Waals surface area (Å²) >= 11 is 0. The normalized spacial score (nSPS) is 20.0. The van der Waals surface area contributed by atoms with Crippen molar-refractivity contribution in [3.63, 3.8) is 0 Å². The number of amides is 1. The molecule has 0 saturated carbocycles. The maximum Gasteiger partial charge on any atom is 0.236 e. The molecule has 2 aliphatic heterocycles. The Morgan fingerprint density at radius 1 is 1.15 bits per heavy atom. The molecule has 0 unspecified atom stereocenters. The zero-order chi connectivity index (χ0) is 18.4. The van der Waals surface area contributed by atoms with Crippen molar-refractivity contribution < 1.29 is 9.53 Å². The number of hydrogen-bond acceptors (Lipinski definition) is 3. The van der Waals surface area contributed by atoms with Gasteiger partial charge in [0, 0.05) is 32.3 Å². The van der Waals surface area contributed by atoms with Crippen LogP contribution in [0.2, 0.25) is 0 Å². The molecule has 2 fully saturated rings. The minimum atomic E-state index is 0.244. The first-order chi connectivity index (χ1) is 12.6. The van der Waals surface area contributed by atoms with Crippen LogP contribution in [0.4, 0.5) is 0 Å². The molecule has 0 aliphatic carbocycles. The van der Waals surface area contributed by atoms with Crippen molar-refractivity contribution >= 4 is 12.0 Å². The van der Waals surface area contributed by atoms with Crippen LogP contribution in [0.1, 0.15) is 42.4 Å². The Morgan fingerprint density at radius 2 is 1.81 bits per heavy atom. The molecule has 1 aromatic rings. The van der Waals surface area contributed by atoms with Gasteiger partial charge in [-0.3, -0.25) is 4.79 Å². The molecule has 0 aromatic heterocycles. The second-order valence-corrected chi connectivity index (χ2v) is 7.65. The molecule has 142 valence electrons. The molecule has 0 radical (unpaired) electrons. The number of rotatable bonds is 5. The van der Waals surface area contributed by atoms with Crippen molar-refractivity contribution in [2.75, 3.05) is 32.8 Å².